The molecule has 6 nitrogen and oxygen atoms in total. The number of nitrogens with zero attached hydrogens (tertiary/aromatic N) is 3. The Bertz CT molecular complexity index is 513. The number of aromatic nitrogens is 2. The molecule has 7 heteroatoms. The number of amides is 1. The van der Waals surface area contributed by atoms with Crippen LogP contribution in [0.25, 0.3) is 0 Å². The Labute approximate surface area is 123 Å². The normalized spacial score (nSPS) is 14.3. The lowest BCUT2D eigenvalue weighted by Gasteiger charge is -2.15. The highest BCUT2D eigenvalue weighted by Crippen LogP contribution is 2.09. The van der Waals surface area contributed by atoms with Gasteiger partial charge in [0.05, 0.1) is 0 Å². The van der Waals surface area contributed by atoms with E-state index >= 15 is 0 Å². The second-order valence-electron chi connectivity index (χ2n) is 4.85. The first-order chi connectivity index (χ1) is 9.56. The molecule has 0 spiro atoms. The number of carbonyl (C=O) groups is 1. The number of likely N-dealkylation sites (tertiary alicyclic amines) is 1. The molecule has 20 heavy (non-hydrogen) atoms. The molecule has 1 aliphatic rings. The summed E-state index contributed by atoms with van der Waals surface area (Å²) in [5.41, 5.74) is 6.89. The lowest BCUT2D eigenvalue weighted by Crippen LogP contribution is -2.29. The van der Waals surface area contributed by atoms with Gasteiger partial charge in [-0.1, -0.05) is 12.2 Å². The summed E-state index contributed by atoms with van der Waals surface area (Å²) in [6, 6.07) is 1.74. The number of thiocarbonyl (C=S) groups is 1. The molecule has 0 radical (unpaired) electrons. The average Bonchev–Trinajstić information content (AvgIpc) is 2.91. The molecule has 2 rings (SSSR count). The highest BCUT2D eigenvalue weighted by molar-refractivity contribution is 7.80. The number of rotatable bonds is 5. The van der Waals surface area contributed by atoms with Crippen molar-refractivity contribution in [1.82, 2.24) is 14.9 Å². The van der Waals surface area contributed by atoms with Crippen molar-refractivity contribution in [2.45, 2.75) is 26.2 Å². The minimum atomic E-state index is 0.178. The van der Waals surface area contributed by atoms with E-state index in [0.29, 0.717) is 24.6 Å². The summed E-state index contributed by atoms with van der Waals surface area (Å²) in [4.78, 5) is 22.5. The molecule has 2 heterocycles. The fraction of sp³-hybridized carbons (Fsp3) is 0.538. The van der Waals surface area contributed by atoms with Crippen LogP contribution in [0.5, 0.6) is 0 Å². The summed E-state index contributed by atoms with van der Waals surface area (Å²) >= 11 is 4.91. The van der Waals surface area contributed by atoms with E-state index in [2.05, 4.69) is 15.3 Å². The number of carbonyl (C=O) groups excluding carboxylic acids is 1. The van der Waals surface area contributed by atoms with Gasteiger partial charge in [-0.2, -0.15) is 0 Å². The monoisotopic (exact) mass is 293 g/mol. The molecule has 108 valence electrons. The van der Waals surface area contributed by atoms with Crippen LogP contribution >= 0.6 is 12.2 Å². The maximum atomic E-state index is 11.9. The van der Waals surface area contributed by atoms with Crippen molar-refractivity contribution in [3.8, 4) is 0 Å². The van der Waals surface area contributed by atoms with Crippen molar-refractivity contribution in [3.05, 3.63) is 17.5 Å². The largest absolute Gasteiger partial charge is 0.388 e. The van der Waals surface area contributed by atoms with Gasteiger partial charge in [-0.05, 0) is 25.8 Å². The Hall–Kier alpha value is -1.76. The Balaban J connectivity index is 1.87. The van der Waals surface area contributed by atoms with E-state index in [4.69, 9.17) is 18.0 Å². The highest BCUT2D eigenvalue weighted by atomic mass is 32.1. The fourth-order valence-electron chi connectivity index (χ4n) is 2.18. The first kappa shape index (κ1) is 14.6. The third kappa shape index (κ3) is 3.86. The zero-order valence-electron chi connectivity index (χ0n) is 11.6. The lowest BCUT2D eigenvalue weighted by atomic mass is 10.3. The standard InChI is InChI=1S/C13H19N5OS/c1-9-8-10(12(14)20)17-13(16-9)15-5-4-11(19)18-6-2-3-7-18/h8H,2-7H2,1H3,(H2,14,20)(H,15,16,17). The van der Waals surface area contributed by atoms with Crippen LogP contribution in [0, 0.1) is 6.92 Å². The summed E-state index contributed by atoms with van der Waals surface area (Å²) in [6.45, 7) is 4.12. The zero-order valence-corrected chi connectivity index (χ0v) is 12.4. The van der Waals surface area contributed by atoms with Crippen LogP contribution in [0.2, 0.25) is 0 Å². The van der Waals surface area contributed by atoms with Gasteiger partial charge in [-0.3, -0.25) is 4.79 Å². The number of nitrogens with two attached hydrogens (primary N) is 1. The summed E-state index contributed by atoms with van der Waals surface area (Å²) in [5.74, 6) is 0.638. The Morgan fingerprint density at radius 2 is 2.15 bits per heavy atom. The van der Waals surface area contributed by atoms with Crippen molar-refractivity contribution in [2.24, 2.45) is 5.73 Å². The van der Waals surface area contributed by atoms with Gasteiger partial charge in [0.25, 0.3) is 0 Å². The van der Waals surface area contributed by atoms with Gasteiger partial charge in [0, 0.05) is 31.7 Å². The van der Waals surface area contributed by atoms with Gasteiger partial charge in [-0.25, -0.2) is 9.97 Å². The number of hydrogen-bond acceptors (Lipinski definition) is 5. The SMILES string of the molecule is Cc1cc(C(N)=S)nc(NCCC(=O)N2CCCC2)n1. The summed E-state index contributed by atoms with van der Waals surface area (Å²) < 4.78 is 0. The predicted molar refractivity (Wildman–Crippen MR) is 81.6 cm³/mol. The first-order valence-electron chi connectivity index (χ1n) is 6.73. The minimum Gasteiger partial charge on any atom is -0.388 e. The Kier molecular flexibility index (Phi) is 4.84. The number of nitrogens with one attached hydrogen (secondary N) is 1. The third-order valence-electron chi connectivity index (χ3n) is 3.19. The van der Waals surface area contributed by atoms with E-state index in [9.17, 15) is 4.79 Å². The molecule has 1 aliphatic heterocycles. The molecule has 3 N–H and O–H groups in total. The van der Waals surface area contributed by atoms with E-state index in [0.717, 1.165) is 31.6 Å². The fourth-order valence-corrected chi connectivity index (χ4v) is 2.28. The molecule has 0 atom stereocenters. The topological polar surface area (TPSA) is 84.1 Å². The molecule has 1 saturated heterocycles. The van der Waals surface area contributed by atoms with Gasteiger partial charge < -0.3 is 16.0 Å². The van der Waals surface area contributed by atoms with Crippen LogP contribution in [-0.2, 0) is 4.79 Å². The molecule has 1 amide bonds. The molecule has 0 saturated carbocycles. The molecule has 1 aromatic rings. The van der Waals surface area contributed by atoms with Crippen LogP contribution < -0.4 is 11.1 Å². The second-order valence-corrected chi connectivity index (χ2v) is 5.29. The van der Waals surface area contributed by atoms with E-state index in [-0.39, 0.29) is 10.9 Å². The van der Waals surface area contributed by atoms with Crippen molar-refractivity contribution in [1.29, 1.82) is 0 Å². The van der Waals surface area contributed by atoms with Gasteiger partial charge in [0.2, 0.25) is 11.9 Å². The van der Waals surface area contributed by atoms with Gasteiger partial charge >= 0.3 is 0 Å². The maximum Gasteiger partial charge on any atom is 0.224 e. The van der Waals surface area contributed by atoms with Gasteiger partial charge in [-0.15, -0.1) is 0 Å². The van der Waals surface area contributed by atoms with Crippen molar-refractivity contribution in [3.63, 3.8) is 0 Å². The van der Waals surface area contributed by atoms with Crippen LogP contribution in [0.1, 0.15) is 30.7 Å². The predicted octanol–water partition coefficient (Wildman–Crippen LogP) is 0.844. The molecule has 0 unspecified atom stereocenters. The minimum absolute atomic E-state index is 0.178. The average molecular weight is 293 g/mol. The second kappa shape index (κ2) is 6.60. The third-order valence-corrected chi connectivity index (χ3v) is 3.40. The zero-order chi connectivity index (χ0) is 14.5. The smallest absolute Gasteiger partial charge is 0.224 e. The molecule has 0 bridgehead atoms. The molecule has 1 fully saturated rings. The van der Waals surface area contributed by atoms with Crippen LogP contribution in [-0.4, -0.2) is 45.4 Å². The van der Waals surface area contributed by atoms with Crippen molar-refractivity contribution in [2.75, 3.05) is 25.0 Å². The van der Waals surface area contributed by atoms with Crippen LogP contribution in [0.15, 0.2) is 6.07 Å². The van der Waals surface area contributed by atoms with Crippen molar-refractivity contribution >= 4 is 29.1 Å². The summed E-state index contributed by atoms with van der Waals surface area (Å²) in [7, 11) is 0. The van der Waals surface area contributed by atoms with E-state index in [1.54, 1.807) is 6.07 Å². The molecular formula is C13H19N5OS. The molecule has 0 aromatic carbocycles. The molecule has 1 aromatic heterocycles. The van der Waals surface area contributed by atoms with Crippen LogP contribution in [0.3, 0.4) is 0 Å². The molecular weight excluding hydrogens is 274 g/mol. The lowest BCUT2D eigenvalue weighted by molar-refractivity contribution is -0.129. The number of hydrogen-bond donors (Lipinski definition) is 2. The Morgan fingerprint density at radius 1 is 1.45 bits per heavy atom. The number of aryl methyl sites for hydroxylation is 1. The first-order valence-corrected chi connectivity index (χ1v) is 7.14. The highest BCUT2D eigenvalue weighted by Gasteiger charge is 2.17. The quantitative estimate of drug-likeness (QED) is 0.783. The Morgan fingerprint density at radius 3 is 2.80 bits per heavy atom. The van der Waals surface area contributed by atoms with E-state index < -0.39 is 0 Å². The van der Waals surface area contributed by atoms with Crippen molar-refractivity contribution < 1.29 is 4.79 Å². The van der Waals surface area contributed by atoms with Crippen LogP contribution in [0.4, 0.5) is 5.95 Å². The summed E-state index contributed by atoms with van der Waals surface area (Å²) in [6.07, 6.45) is 2.66. The van der Waals surface area contributed by atoms with Gasteiger partial charge in [0.15, 0.2) is 0 Å². The molecule has 0 aliphatic carbocycles. The van der Waals surface area contributed by atoms with E-state index in [1.165, 1.54) is 0 Å². The van der Waals surface area contributed by atoms with E-state index in [1.807, 2.05) is 11.8 Å². The number of anilines is 1. The summed E-state index contributed by atoms with van der Waals surface area (Å²) in [5, 5.41) is 3.05. The van der Waals surface area contributed by atoms with Gasteiger partial charge in [0.1, 0.15) is 10.7 Å². The maximum absolute atomic E-state index is 11.9.